The van der Waals surface area contributed by atoms with Gasteiger partial charge in [0.25, 0.3) is 7.37 Å². The van der Waals surface area contributed by atoms with Gasteiger partial charge < -0.3 is 4.52 Å². The van der Waals surface area contributed by atoms with Crippen LogP contribution in [0.15, 0.2) is 72.8 Å². The normalized spacial score (nSPS) is 19.8. The van der Waals surface area contributed by atoms with Gasteiger partial charge in [0.1, 0.15) is 5.75 Å². The van der Waals surface area contributed by atoms with Crippen LogP contribution < -0.4 is 9.83 Å². The highest BCUT2D eigenvalue weighted by Gasteiger charge is 2.41. The minimum absolute atomic E-state index is 0.201. The summed E-state index contributed by atoms with van der Waals surface area (Å²) in [4.78, 5) is 0. The molecule has 1 aliphatic rings. The van der Waals surface area contributed by atoms with Crippen molar-refractivity contribution in [3.8, 4) is 16.9 Å². The Kier molecular flexibility index (Phi) is 3.58. The van der Waals surface area contributed by atoms with E-state index in [-0.39, 0.29) is 5.66 Å². The molecule has 120 valence electrons. The van der Waals surface area contributed by atoms with Crippen molar-refractivity contribution in [1.82, 2.24) is 0 Å². The molecule has 0 aliphatic carbocycles. The molecule has 0 N–H and O–H groups in total. The predicted octanol–water partition coefficient (Wildman–Crippen LogP) is 5.72. The molecule has 1 heterocycles. The van der Waals surface area contributed by atoms with E-state index in [2.05, 4.69) is 19.1 Å². The smallest absolute Gasteiger partial charge is 0.284 e. The molecule has 24 heavy (non-hydrogen) atoms. The standard InChI is InChI=1S/C21H19O2P/c1-15-11-13-17(14-12-15)16(2)24(22)21-10-6-4-8-19(21)18-7-3-5-9-20(18)23-24/h3-14,16H,1-2H3. The first-order chi connectivity index (χ1) is 11.6. The molecule has 0 saturated carbocycles. The Bertz CT molecular complexity index is 944. The summed E-state index contributed by atoms with van der Waals surface area (Å²) in [5, 5.41) is 0.816. The summed E-state index contributed by atoms with van der Waals surface area (Å²) in [5.74, 6) is 0.707. The maximum absolute atomic E-state index is 14.0. The molecular weight excluding hydrogens is 315 g/mol. The van der Waals surface area contributed by atoms with E-state index in [1.807, 2.05) is 67.6 Å². The van der Waals surface area contributed by atoms with Crippen molar-refractivity contribution >= 4 is 12.7 Å². The number of rotatable bonds is 2. The van der Waals surface area contributed by atoms with Crippen LogP contribution in [0.5, 0.6) is 5.75 Å². The summed E-state index contributed by atoms with van der Waals surface area (Å²) in [7, 11) is -3.06. The van der Waals surface area contributed by atoms with Gasteiger partial charge >= 0.3 is 0 Å². The molecule has 2 unspecified atom stereocenters. The van der Waals surface area contributed by atoms with Crippen LogP contribution in [0.4, 0.5) is 0 Å². The van der Waals surface area contributed by atoms with Crippen LogP contribution in [0.3, 0.4) is 0 Å². The largest absolute Gasteiger partial charge is 0.439 e. The van der Waals surface area contributed by atoms with E-state index >= 15 is 0 Å². The number of hydrogen-bond donors (Lipinski definition) is 0. The van der Waals surface area contributed by atoms with E-state index in [1.54, 1.807) is 0 Å². The zero-order valence-corrected chi connectivity index (χ0v) is 14.7. The van der Waals surface area contributed by atoms with Crippen LogP contribution in [0, 0.1) is 6.92 Å². The zero-order valence-electron chi connectivity index (χ0n) is 13.8. The van der Waals surface area contributed by atoms with Crippen LogP contribution in [-0.4, -0.2) is 0 Å². The van der Waals surface area contributed by atoms with E-state index in [0.717, 1.165) is 22.0 Å². The Morgan fingerprint density at radius 3 is 2.21 bits per heavy atom. The van der Waals surface area contributed by atoms with Gasteiger partial charge in [-0.05, 0) is 37.1 Å². The van der Waals surface area contributed by atoms with Crippen molar-refractivity contribution in [2.24, 2.45) is 0 Å². The van der Waals surface area contributed by atoms with Crippen molar-refractivity contribution in [3.63, 3.8) is 0 Å². The lowest BCUT2D eigenvalue weighted by Gasteiger charge is -2.32. The lowest BCUT2D eigenvalue weighted by atomic mass is 10.0. The third-order valence-corrected chi connectivity index (χ3v) is 7.57. The summed E-state index contributed by atoms with van der Waals surface area (Å²) < 4.78 is 20.1. The molecule has 3 aromatic rings. The van der Waals surface area contributed by atoms with E-state index in [9.17, 15) is 4.57 Å². The molecule has 2 nitrogen and oxygen atoms in total. The second-order valence-electron chi connectivity index (χ2n) is 6.29. The van der Waals surface area contributed by atoms with Crippen molar-refractivity contribution < 1.29 is 9.09 Å². The number of benzene rings is 3. The fraction of sp³-hybridized carbons (Fsp3) is 0.143. The third-order valence-electron chi connectivity index (χ3n) is 4.72. The molecule has 4 rings (SSSR count). The predicted molar refractivity (Wildman–Crippen MR) is 99.3 cm³/mol. The van der Waals surface area contributed by atoms with E-state index in [0.29, 0.717) is 5.75 Å². The third kappa shape index (κ3) is 2.30. The summed E-state index contributed by atoms with van der Waals surface area (Å²) in [6.45, 7) is 4.05. The van der Waals surface area contributed by atoms with Gasteiger partial charge in [0.05, 0.1) is 11.0 Å². The summed E-state index contributed by atoms with van der Waals surface area (Å²) >= 11 is 0. The maximum atomic E-state index is 14.0. The molecule has 3 heteroatoms. The second kappa shape index (κ2) is 5.65. The number of aryl methyl sites for hydroxylation is 1. The van der Waals surface area contributed by atoms with E-state index in [4.69, 9.17) is 4.52 Å². The lowest BCUT2D eigenvalue weighted by molar-refractivity contribution is 0.481. The first-order valence-corrected chi connectivity index (χ1v) is 9.84. The fourth-order valence-corrected chi connectivity index (χ4v) is 5.78. The molecular formula is C21H19O2P. The van der Waals surface area contributed by atoms with Crippen LogP contribution in [0.1, 0.15) is 23.7 Å². The Balaban J connectivity index is 1.89. The van der Waals surface area contributed by atoms with Gasteiger partial charge in [0.15, 0.2) is 0 Å². The van der Waals surface area contributed by atoms with Gasteiger partial charge in [-0.25, -0.2) is 0 Å². The van der Waals surface area contributed by atoms with Crippen LogP contribution >= 0.6 is 7.37 Å². The Hall–Kier alpha value is -2.31. The second-order valence-corrected chi connectivity index (χ2v) is 8.92. The highest BCUT2D eigenvalue weighted by molar-refractivity contribution is 7.68. The topological polar surface area (TPSA) is 26.3 Å². The first-order valence-electron chi connectivity index (χ1n) is 8.14. The maximum Gasteiger partial charge on any atom is 0.284 e. The van der Waals surface area contributed by atoms with Gasteiger partial charge in [-0.15, -0.1) is 0 Å². The molecule has 2 atom stereocenters. The van der Waals surface area contributed by atoms with E-state index in [1.165, 1.54) is 5.56 Å². The minimum atomic E-state index is -3.06. The van der Waals surface area contributed by atoms with Crippen LogP contribution in [0.25, 0.3) is 11.1 Å². The zero-order chi connectivity index (χ0) is 16.7. The summed E-state index contributed by atoms with van der Waals surface area (Å²) in [6, 6.07) is 23.9. The van der Waals surface area contributed by atoms with Gasteiger partial charge in [-0.1, -0.05) is 66.2 Å². The highest BCUT2D eigenvalue weighted by atomic mass is 31.2. The van der Waals surface area contributed by atoms with Crippen molar-refractivity contribution in [2.75, 3.05) is 0 Å². The molecule has 0 fully saturated rings. The van der Waals surface area contributed by atoms with E-state index < -0.39 is 7.37 Å². The Labute approximate surface area is 142 Å². The molecule has 3 aromatic carbocycles. The van der Waals surface area contributed by atoms with Crippen molar-refractivity contribution in [1.29, 1.82) is 0 Å². The lowest BCUT2D eigenvalue weighted by Crippen LogP contribution is -2.21. The Morgan fingerprint density at radius 2 is 1.46 bits per heavy atom. The number of hydrogen-bond acceptors (Lipinski definition) is 2. The molecule has 0 spiro atoms. The fourth-order valence-electron chi connectivity index (χ4n) is 3.27. The molecule has 0 bridgehead atoms. The highest BCUT2D eigenvalue weighted by Crippen LogP contribution is 2.63. The molecule has 0 amide bonds. The number of fused-ring (bicyclic) bond motifs is 3. The van der Waals surface area contributed by atoms with Crippen molar-refractivity contribution in [3.05, 3.63) is 83.9 Å². The average Bonchev–Trinajstić information content (AvgIpc) is 2.62. The SMILES string of the molecule is Cc1ccc(C(C)P2(=O)Oc3ccccc3-c3ccccc32)cc1. The molecule has 0 radical (unpaired) electrons. The molecule has 1 aliphatic heterocycles. The quantitative estimate of drug-likeness (QED) is 0.560. The molecule has 0 saturated heterocycles. The molecule has 0 aromatic heterocycles. The van der Waals surface area contributed by atoms with Crippen molar-refractivity contribution in [2.45, 2.75) is 19.5 Å². The van der Waals surface area contributed by atoms with Gasteiger partial charge in [0, 0.05) is 5.56 Å². The van der Waals surface area contributed by atoms with Gasteiger partial charge in [0.2, 0.25) is 0 Å². The first kappa shape index (κ1) is 15.2. The minimum Gasteiger partial charge on any atom is -0.439 e. The van der Waals surface area contributed by atoms with Crippen LogP contribution in [-0.2, 0) is 4.57 Å². The van der Waals surface area contributed by atoms with Gasteiger partial charge in [-0.3, -0.25) is 4.57 Å². The number of para-hydroxylation sites is 1. The summed E-state index contributed by atoms with van der Waals surface area (Å²) in [5.41, 5.74) is 4.06. The summed E-state index contributed by atoms with van der Waals surface area (Å²) in [6.07, 6.45) is 0. The monoisotopic (exact) mass is 334 g/mol. The average molecular weight is 334 g/mol. The van der Waals surface area contributed by atoms with Gasteiger partial charge in [-0.2, -0.15) is 0 Å². The van der Waals surface area contributed by atoms with Crippen LogP contribution in [0.2, 0.25) is 0 Å². The Morgan fingerprint density at radius 1 is 0.833 bits per heavy atom.